The van der Waals surface area contributed by atoms with E-state index in [2.05, 4.69) is 4.98 Å². The van der Waals surface area contributed by atoms with Crippen LogP contribution in [0.2, 0.25) is 5.02 Å². The summed E-state index contributed by atoms with van der Waals surface area (Å²) in [7, 11) is 0. The molecule has 0 spiro atoms. The number of rotatable bonds is 3. The largest absolute Gasteiger partial charge is 0.480 e. The summed E-state index contributed by atoms with van der Waals surface area (Å²) in [5, 5.41) is 9.24. The smallest absolute Gasteiger partial charge is 0.323 e. The van der Waals surface area contributed by atoms with Crippen molar-refractivity contribution >= 4 is 23.5 Å². The van der Waals surface area contributed by atoms with Gasteiger partial charge in [0.1, 0.15) is 12.2 Å². The zero-order chi connectivity index (χ0) is 13.9. The van der Waals surface area contributed by atoms with E-state index in [1.54, 1.807) is 26.8 Å². The predicted octanol–water partition coefficient (Wildman–Crippen LogP) is 2.06. The normalized spacial score (nSPS) is 11.1. The van der Waals surface area contributed by atoms with E-state index in [4.69, 9.17) is 16.7 Å². The second kappa shape index (κ2) is 5.35. The number of carboxylic acids is 1. The van der Waals surface area contributed by atoms with E-state index >= 15 is 0 Å². The van der Waals surface area contributed by atoms with Crippen LogP contribution in [0.25, 0.3) is 0 Å². The lowest BCUT2D eigenvalue weighted by Gasteiger charge is -2.34. The predicted molar refractivity (Wildman–Crippen MR) is 67.7 cm³/mol. The molecule has 0 aliphatic carbocycles. The van der Waals surface area contributed by atoms with Crippen molar-refractivity contribution in [1.82, 2.24) is 9.88 Å². The summed E-state index contributed by atoms with van der Waals surface area (Å²) >= 11 is 5.79. The fourth-order valence-electron chi connectivity index (χ4n) is 1.41. The highest BCUT2D eigenvalue weighted by Gasteiger charge is 2.29. The van der Waals surface area contributed by atoms with Gasteiger partial charge in [0.05, 0.1) is 0 Å². The minimum Gasteiger partial charge on any atom is -0.480 e. The number of hydrogen-bond acceptors (Lipinski definition) is 3. The van der Waals surface area contributed by atoms with Crippen molar-refractivity contribution in [3.63, 3.8) is 0 Å². The summed E-state index contributed by atoms with van der Waals surface area (Å²) in [5.74, 6) is -1.52. The number of pyridine rings is 1. The molecule has 0 unspecified atom stereocenters. The van der Waals surface area contributed by atoms with Gasteiger partial charge >= 0.3 is 5.97 Å². The van der Waals surface area contributed by atoms with Gasteiger partial charge in [0.25, 0.3) is 5.91 Å². The molecule has 1 N–H and O–H groups in total. The molecular weight excluding hydrogens is 256 g/mol. The SMILES string of the molecule is CC(C)(C)N(CC(=O)O)C(=O)c1cc(Cl)ccn1. The topological polar surface area (TPSA) is 70.5 Å². The highest BCUT2D eigenvalue weighted by atomic mass is 35.5. The zero-order valence-electron chi connectivity index (χ0n) is 10.5. The van der Waals surface area contributed by atoms with Crippen LogP contribution < -0.4 is 0 Å². The molecule has 0 bridgehead atoms. The first-order valence-corrected chi connectivity index (χ1v) is 5.75. The molecule has 18 heavy (non-hydrogen) atoms. The van der Waals surface area contributed by atoms with Gasteiger partial charge in [-0.05, 0) is 32.9 Å². The standard InChI is InChI=1S/C12H15ClN2O3/c1-12(2,3)15(7-10(16)17)11(18)9-6-8(13)4-5-14-9/h4-6H,7H2,1-3H3,(H,16,17). The monoisotopic (exact) mass is 270 g/mol. The summed E-state index contributed by atoms with van der Waals surface area (Å²) in [6, 6.07) is 2.97. The molecule has 0 atom stereocenters. The van der Waals surface area contributed by atoms with Crippen molar-refractivity contribution in [3.8, 4) is 0 Å². The van der Waals surface area contributed by atoms with Crippen LogP contribution in [-0.2, 0) is 4.79 Å². The molecule has 1 heterocycles. The van der Waals surface area contributed by atoms with Gasteiger partial charge in [0, 0.05) is 16.8 Å². The fourth-order valence-corrected chi connectivity index (χ4v) is 1.57. The number of hydrogen-bond donors (Lipinski definition) is 1. The molecule has 0 radical (unpaired) electrons. The Labute approximate surface area is 110 Å². The molecule has 1 rings (SSSR count). The summed E-state index contributed by atoms with van der Waals surface area (Å²) in [5.41, 5.74) is -0.474. The number of halogens is 1. The third kappa shape index (κ3) is 3.70. The van der Waals surface area contributed by atoms with Crippen LogP contribution in [-0.4, -0.2) is 39.0 Å². The first-order chi connectivity index (χ1) is 8.21. The summed E-state index contributed by atoms with van der Waals surface area (Å²) < 4.78 is 0. The van der Waals surface area contributed by atoms with Crippen molar-refractivity contribution < 1.29 is 14.7 Å². The Morgan fingerprint density at radius 3 is 2.50 bits per heavy atom. The number of aromatic nitrogens is 1. The molecule has 0 fully saturated rings. The number of carbonyl (C=O) groups excluding carboxylic acids is 1. The van der Waals surface area contributed by atoms with Gasteiger partial charge in [0.15, 0.2) is 0 Å². The average molecular weight is 271 g/mol. The molecule has 6 heteroatoms. The minimum absolute atomic E-state index is 0.138. The summed E-state index contributed by atoms with van der Waals surface area (Å²) in [6.45, 7) is 4.91. The van der Waals surface area contributed by atoms with Gasteiger partial charge in [-0.25, -0.2) is 0 Å². The van der Waals surface area contributed by atoms with Gasteiger partial charge in [-0.15, -0.1) is 0 Å². The highest BCUT2D eigenvalue weighted by molar-refractivity contribution is 6.30. The summed E-state index contributed by atoms with van der Waals surface area (Å²) in [6.07, 6.45) is 1.41. The zero-order valence-corrected chi connectivity index (χ0v) is 11.2. The Morgan fingerprint density at radius 1 is 1.44 bits per heavy atom. The van der Waals surface area contributed by atoms with Crippen molar-refractivity contribution in [2.75, 3.05) is 6.54 Å². The van der Waals surface area contributed by atoms with Crippen LogP contribution in [0, 0.1) is 0 Å². The van der Waals surface area contributed by atoms with Crippen LogP contribution in [0.3, 0.4) is 0 Å². The van der Waals surface area contributed by atoms with E-state index in [0.717, 1.165) is 0 Å². The highest BCUT2D eigenvalue weighted by Crippen LogP contribution is 2.17. The molecule has 1 aromatic rings. The second-order valence-electron chi connectivity index (χ2n) is 4.82. The van der Waals surface area contributed by atoms with Crippen molar-refractivity contribution in [2.24, 2.45) is 0 Å². The van der Waals surface area contributed by atoms with E-state index in [-0.39, 0.29) is 12.2 Å². The minimum atomic E-state index is -1.07. The molecule has 5 nitrogen and oxygen atoms in total. The molecular formula is C12H15ClN2O3. The lowest BCUT2D eigenvalue weighted by molar-refractivity contribution is -0.138. The number of nitrogens with zero attached hydrogens (tertiary/aromatic N) is 2. The van der Waals surface area contributed by atoms with E-state index in [0.29, 0.717) is 5.02 Å². The van der Waals surface area contributed by atoms with Crippen LogP contribution in [0.1, 0.15) is 31.3 Å². The average Bonchev–Trinajstić information content (AvgIpc) is 2.23. The molecule has 1 aromatic heterocycles. The number of carboxylic acid groups (broad SMARTS) is 1. The molecule has 1 amide bonds. The van der Waals surface area contributed by atoms with Gasteiger partial charge in [0.2, 0.25) is 0 Å². The number of carbonyl (C=O) groups is 2. The molecule has 0 saturated carbocycles. The van der Waals surface area contributed by atoms with E-state index < -0.39 is 17.4 Å². The number of aliphatic carboxylic acids is 1. The fraction of sp³-hybridized carbons (Fsp3) is 0.417. The molecule has 0 aliphatic heterocycles. The van der Waals surface area contributed by atoms with Gasteiger partial charge in [-0.3, -0.25) is 14.6 Å². The molecule has 0 aromatic carbocycles. The van der Waals surface area contributed by atoms with E-state index in [1.807, 2.05) is 0 Å². The van der Waals surface area contributed by atoms with Crippen molar-refractivity contribution in [3.05, 3.63) is 29.0 Å². The molecule has 98 valence electrons. The maximum absolute atomic E-state index is 12.2. The third-order valence-corrected chi connectivity index (χ3v) is 2.52. The van der Waals surface area contributed by atoms with Crippen LogP contribution >= 0.6 is 11.6 Å². The number of amides is 1. The lowest BCUT2D eigenvalue weighted by Crippen LogP contribution is -2.48. The van der Waals surface area contributed by atoms with Crippen LogP contribution in [0.4, 0.5) is 0 Å². The van der Waals surface area contributed by atoms with Crippen molar-refractivity contribution in [1.29, 1.82) is 0 Å². The lowest BCUT2D eigenvalue weighted by atomic mass is 10.1. The maximum atomic E-state index is 12.2. The Balaban J connectivity index is 3.06. The maximum Gasteiger partial charge on any atom is 0.323 e. The third-order valence-electron chi connectivity index (χ3n) is 2.29. The van der Waals surface area contributed by atoms with Crippen LogP contribution in [0.5, 0.6) is 0 Å². The van der Waals surface area contributed by atoms with Gasteiger partial charge in [-0.1, -0.05) is 11.6 Å². The Bertz CT molecular complexity index is 469. The van der Waals surface area contributed by atoms with Crippen molar-refractivity contribution in [2.45, 2.75) is 26.3 Å². The van der Waals surface area contributed by atoms with Gasteiger partial charge in [-0.2, -0.15) is 0 Å². The Morgan fingerprint density at radius 2 is 2.06 bits per heavy atom. The van der Waals surface area contributed by atoms with Gasteiger partial charge < -0.3 is 10.0 Å². The first kappa shape index (κ1) is 14.4. The first-order valence-electron chi connectivity index (χ1n) is 5.37. The Kier molecular flexibility index (Phi) is 4.29. The van der Waals surface area contributed by atoms with E-state index in [1.165, 1.54) is 17.2 Å². The second-order valence-corrected chi connectivity index (χ2v) is 5.25. The van der Waals surface area contributed by atoms with E-state index in [9.17, 15) is 9.59 Å². The molecule has 0 aliphatic rings. The Hall–Kier alpha value is -1.62. The molecule has 0 saturated heterocycles. The summed E-state index contributed by atoms with van der Waals surface area (Å²) in [4.78, 5) is 28.2. The van der Waals surface area contributed by atoms with Crippen LogP contribution in [0.15, 0.2) is 18.3 Å². The quantitative estimate of drug-likeness (QED) is 0.913.